The molecule has 0 aromatic carbocycles. The Kier molecular flexibility index (Phi) is 11.5. The summed E-state index contributed by atoms with van der Waals surface area (Å²) in [5.74, 6) is 0. The number of aliphatic hydroxyl groups is 3. The second-order valence-corrected chi connectivity index (χ2v) is 6.40. The van der Waals surface area contributed by atoms with Crippen molar-refractivity contribution in [2.24, 2.45) is 0 Å². The number of unbranched alkanes of at least 4 members (excludes halogenated alkanes) is 8. The summed E-state index contributed by atoms with van der Waals surface area (Å²) in [5.41, 5.74) is 0. The van der Waals surface area contributed by atoms with Crippen LogP contribution in [0.3, 0.4) is 0 Å². The first-order valence-electron chi connectivity index (χ1n) is 9.01. The first-order valence-corrected chi connectivity index (χ1v) is 9.01. The lowest BCUT2D eigenvalue weighted by Crippen LogP contribution is -2.54. The van der Waals surface area contributed by atoms with Gasteiger partial charge in [0.1, 0.15) is 24.4 Å². The molecule has 1 rings (SSSR count). The normalized spacial score (nSPS) is 28.0. The molecule has 0 aliphatic carbocycles. The number of rotatable bonds is 13. The number of hydrogen-bond donors (Lipinski definition) is 3. The Bertz CT molecular complexity index is 297. The maximum absolute atomic E-state index is 9.76. The number of ether oxygens (including phenoxy) is 2. The Hall–Kier alpha value is -0.460. The molecule has 1 heterocycles. The first-order chi connectivity index (χ1) is 11.2. The third-order valence-electron chi connectivity index (χ3n) is 4.34. The Morgan fingerprint density at radius 1 is 0.913 bits per heavy atom. The van der Waals surface area contributed by atoms with Crippen LogP contribution in [-0.2, 0) is 9.47 Å². The van der Waals surface area contributed by atoms with Gasteiger partial charge in [0.2, 0.25) is 0 Å². The van der Waals surface area contributed by atoms with Gasteiger partial charge in [0.05, 0.1) is 13.2 Å². The van der Waals surface area contributed by atoms with Crippen LogP contribution in [0, 0.1) is 0 Å². The van der Waals surface area contributed by atoms with Gasteiger partial charge in [-0.3, -0.25) is 0 Å². The van der Waals surface area contributed by atoms with E-state index in [0.717, 1.165) is 19.3 Å². The van der Waals surface area contributed by atoms with Gasteiger partial charge in [-0.15, -0.1) is 6.58 Å². The average Bonchev–Trinajstić information content (AvgIpc) is 2.55. The van der Waals surface area contributed by atoms with Crippen molar-refractivity contribution in [2.45, 2.75) is 82.2 Å². The van der Waals surface area contributed by atoms with Crippen molar-refractivity contribution in [3.8, 4) is 0 Å². The van der Waals surface area contributed by atoms with Gasteiger partial charge in [-0.25, -0.2) is 0 Å². The van der Waals surface area contributed by atoms with E-state index in [4.69, 9.17) is 9.47 Å². The Labute approximate surface area is 140 Å². The smallest absolute Gasteiger partial charge is 0.111 e. The molecule has 0 aromatic rings. The highest BCUT2D eigenvalue weighted by Crippen LogP contribution is 2.16. The van der Waals surface area contributed by atoms with Gasteiger partial charge in [-0.2, -0.15) is 0 Å². The fraction of sp³-hybridized carbons (Fsp3) is 0.889. The second-order valence-electron chi connectivity index (χ2n) is 6.40. The van der Waals surface area contributed by atoms with E-state index >= 15 is 0 Å². The summed E-state index contributed by atoms with van der Waals surface area (Å²) in [6.07, 6.45) is 9.18. The summed E-state index contributed by atoms with van der Waals surface area (Å²) in [6.45, 7) is 4.67. The highest BCUT2D eigenvalue weighted by atomic mass is 16.6. The lowest BCUT2D eigenvalue weighted by Gasteiger charge is -2.35. The van der Waals surface area contributed by atoms with Crippen molar-refractivity contribution >= 4 is 0 Å². The van der Waals surface area contributed by atoms with Crippen molar-refractivity contribution in [3.63, 3.8) is 0 Å². The predicted molar refractivity (Wildman–Crippen MR) is 90.3 cm³/mol. The molecule has 0 aromatic heterocycles. The number of aliphatic hydroxyl groups excluding tert-OH is 3. The SMILES string of the molecule is C=CCCCCCCCCCCOC[C@@H]1OC[C@@H](O)[C@H](O)[C@H]1O. The molecule has 1 aliphatic rings. The summed E-state index contributed by atoms with van der Waals surface area (Å²) in [4.78, 5) is 0. The zero-order valence-corrected chi connectivity index (χ0v) is 14.2. The highest BCUT2D eigenvalue weighted by molar-refractivity contribution is 4.86. The molecular formula is C18H34O5. The van der Waals surface area contributed by atoms with E-state index < -0.39 is 24.4 Å². The summed E-state index contributed by atoms with van der Waals surface area (Å²) < 4.78 is 10.8. The van der Waals surface area contributed by atoms with E-state index in [2.05, 4.69) is 6.58 Å². The minimum atomic E-state index is -1.15. The molecule has 5 heteroatoms. The summed E-state index contributed by atoms with van der Waals surface area (Å²) in [6, 6.07) is 0. The molecule has 5 nitrogen and oxygen atoms in total. The fourth-order valence-electron chi connectivity index (χ4n) is 2.77. The molecule has 3 N–H and O–H groups in total. The standard InChI is InChI=1S/C18H34O5/c1-2-3-4-5-6-7-8-9-10-11-12-22-14-16-18(21)17(20)15(19)13-23-16/h2,15-21H,1,3-14H2/t15-,16+,17+,18+/m1/s1. The van der Waals surface area contributed by atoms with E-state index in [1.54, 1.807) is 0 Å². The summed E-state index contributed by atoms with van der Waals surface area (Å²) in [5, 5.41) is 28.7. The van der Waals surface area contributed by atoms with Crippen LogP contribution in [0.25, 0.3) is 0 Å². The van der Waals surface area contributed by atoms with E-state index in [9.17, 15) is 15.3 Å². The Balaban J connectivity index is 1.87. The predicted octanol–water partition coefficient (Wildman–Crippen LogP) is 2.18. The first kappa shape index (κ1) is 20.6. The van der Waals surface area contributed by atoms with Gasteiger partial charge in [-0.05, 0) is 19.3 Å². The van der Waals surface area contributed by atoms with E-state index in [0.29, 0.717) is 6.61 Å². The topological polar surface area (TPSA) is 79.2 Å². The minimum Gasteiger partial charge on any atom is -0.388 e. The molecule has 0 bridgehead atoms. The lowest BCUT2D eigenvalue weighted by atomic mass is 10.0. The Morgan fingerprint density at radius 3 is 2.17 bits per heavy atom. The zero-order valence-electron chi connectivity index (χ0n) is 14.2. The molecule has 1 fully saturated rings. The summed E-state index contributed by atoms with van der Waals surface area (Å²) >= 11 is 0. The van der Waals surface area contributed by atoms with Crippen LogP contribution in [0.5, 0.6) is 0 Å². The molecule has 4 atom stereocenters. The molecule has 23 heavy (non-hydrogen) atoms. The highest BCUT2D eigenvalue weighted by Gasteiger charge is 2.37. The van der Waals surface area contributed by atoms with Crippen molar-refractivity contribution in [1.82, 2.24) is 0 Å². The Morgan fingerprint density at radius 2 is 1.52 bits per heavy atom. The third kappa shape index (κ3) is 8.82. The molecule has 0 radical (unpaired) electrons. The molecule has 0 amide bonds. The average molecular weight is 330 g/mol. The maximum Gasteiger partial charge on any atom is 0.111 e. The van der Waals surface area contributed by atoms with Gasteiger partial charge in [-0.1, -0.05) is 44.6 Å². The van der Waals surface area contributed by atoms with Crippen LogP contribution in [0.15, 0.2) is 12.7 Å². The maximum atomic E-state index is 9.76. The number of hydrogen-bond acceptors (Lipinski definition) is 5. The lowest BCUT2D eigenvalue weighted by molar-refractivity contribution is -0.199. The monoisotopic (exact) mass is 330 g/mol. The van der Waals surface area contributed by atoms with Gasteiger partial charge >= 0.3 is 0 Å². The third-order valence-corrected chi connectivity index (χ3v) is 4.34. The van der Waals surface area contributed by atoms with Crippen LogP contribution >= 0.6 is 0 Å². The van der Waals surface area contributed by atoms with E-state index in [-0.39, 0.29) is 13.2 Å². The largest absolute Gasteiger partial charge is 0.388 e. The van der Waals surface area contributed by atoms with Crippen LogP contribution < -0.4 is 0 Å². The van der Waals surface area contributed by atoms with Crippen molar-refractivity contribution in [3.05, 3.63) is 12.7 Å². The molecular weight excluding hydrogens is 296 g/mol. The van der Waals surface area contributed by atoms with E-state index in [1.807, 2.05) is 6.08 Å². The number of allylic oxidation sites excluding steroid dienone is 1. The fourth-order valence-corrected chi connectivity index (χ4v) is 2.77. The minimum absolute atomic E-state index is 0.0407. The van der Waals surface area contributed by atoms with Crippen LogP contribution in [0.1, 0.15) is 57.8 Å². The van der Waals surface area contributed by atoms with Crippen LogP contribution in [-0.4, -0.2) is 59.6 Å². The molecule has 136 valence electrons. The van der Waals surface area contributed by atoms with Crippen molar-refractivity contribution < 1.29 is 24.8 Å². The van der Waals surface area contributed by atoms with Gasteiger partial charge in [0.15, 0.2) is 0 Å². The second kappa shape index (κ2) is 12.9. The van der Waals surface area contributed by atoms with Crippen molar-refractivity contribution in [1.29, 1.82) is 0 Å². The molecule has 0 spiro atoms. The molecule has 0 saturated carbocycles. The van der Waals surface area contributed by atoms with Gasteiger partial charge in [0, 0.05) is 6.61 Å². The van der Waals surface area contributed by atoms with Gasteiger partial charge < -0.3 is 24.8 Å². The molecule has 0 unspecified atom stereocenters. The molecule has 1 aliphatic heterocycles. The zero-order chi connectivity index (χ0) is 16.9. The quantitative estimate of drug-likeness (QED) is 0.356. The summed E-state index contributed by atoms with van der Waals surface area (Å²) in [7, 11) is 0. The van der Waals surface area contributed by atoms with Crippen molar-refractivity contribution in [2.75, 3.05) is 19.8 Å². The molecule has 1 saturated heterocycles. The van der Waals surface area contributed by atoms with Crippen LogP contribution in [0.4, 0.5) is 0 Å². The van der Waals surface area contributed by atoms with Crippen LogP contribution in [0.2, 0.25) is 0 Å². The van der Waals surface area contributed by atoms with E-state index in [1.165, 1.54) is 38.5 Å². The van der Waals surface area contributed by atoms with Gasteiger partial charge in [0.25, 0.3) is 0 Å².